The van der Waals surface area contributed by atoms with Gasteiger partial charge in [-0.2, -0.15) is 0 Å². The number of H-pyrrole nitrogens is 1. The van der Waals surface area contributed by atoms with Crippen LogP contribution in [0.5, 0.6) is 5.75 Å². The molecule has 7 amide bonds. The number of carbonyl (C=O) groups excluding carboxylic acids is 7. The quantitative estimate of drug-likeness (QED) is 0.0236. The van der Waals surface area contributed by atoms with E-state index in [2.05, 4.69) is 41.9 Å². The molecule has 73 heavy (non-hydrogen) atoms. The molecule has 25 nitrogen and oxygen atoms in total. The normalized spacial score (nSPS) is 13.1. The van der Waals surface area contributed by atoms with Gasteiger partial charge in [-0.15, -0.1) is 0 Å². The van der Waals surface area contributed by atoms with Gasteiger partial charge < -0.3 is 72.2 Å². The maximum atomic E-state index is 13.5. The third-order valence-electron chi connectivity index (χ3n) is 11.1. The fraction of sp³-hybridized carbons (Fsp3) is 0.354. The maximum absolute atomic E-state index is 13.5. The first-order chi connectivity index (χ1) is 34.7. The number of nitrogens with zero attached hydrogens (tertiary/aromatic N) is 1. The summed E-state index contributed by atoms with van der Waals surface area (Å²) in [4.78, 5) is 132. The molecule has 0 radical (unpaired) electrons. The summed E-state index contributed by atoms with van der Waals surface area (Å²) in [5.41, 5.74) is 6.52. The number of rotatable bonds is 27. The van der Waals surface area contributed by atoms with Gasteiger partial charge in [0, 0.05) is 73.3 Å². The number of aromatic hydroxyl groups is 1. The van der Waals surface area contributed by atoms with Crippen molar-refractivity contribution in [2.24, 2.45) is 5.73 Å². The SMILES string of the molecule is CC(=O)N[C@@H](C(=O)N[C@H](Cc1c[nH]cn1)C(=O)N[C@H](CCC(=O)O)C(=O)NCCOCC(=O)N[C@H](CCCCNC(=O)c1ccc(C(=O)O)c(-c2c3ccc(=O)cc-3oc3cc(O)ccc23)c1)C(N)=O)[C@H](C)O. The zero-order chi connectivity index (χ0) is 53.4. The van der Waals surface area contributed by atoms with Crippen LogP contribution < -0.4 is 43.1 Å². The van der Waals surface area contributed by atoms with Gasteiger partial charge >= 0.3 is 11.9 Å². The van der Waals surface area contributed by atoms with Crippen LogP contribution in [0, 0.1) is 0 Å². The van der Waals surface area contributed by atoms with Crippen molar-refractivity contribution in [3.05, 3.63) is 94.2 Å². The van der Waals surface area contributed by atoms with E-state index in [-0.39, 0.29) is 78.2 Å². The molecule has 2 heterocycles. The van der Waals surface area contributed by atoms with Gasteiger partial charge in [-0.3, -0.25) is 43.2 Å². The highest BCUT2D eigenvalue weighted by atomic mass is 16.5. The number of hydrogen-bond donors (Lipinski definition) is 12. The molecule has 2 aromatic carbocycles. The summed E-state index contributed by atoms with van der Waals surface area (Å²) >= 11 is 0. The second-order valence-electron chi connectivity index (χ2n) is 16.7. The molecular weight excluding hydrogens is 959 g/mol. The Morgan fingerprint density at radius 2 is 1.56 bits per heavy atom. The Balaban J connectivity index is 1.10. The minimum absolute atomic E-state index is 0.0798. The van der Waals surface area contributed by atoms with Gasteiger partial charge in [0.25, 0.3) is 5.91 Å². The van der Waals surface area contributed by atoms with Crippen molar-refractivity contribution in [3.63, 3.8) is 0 Å². The second kappa shape index (κ2) is 25.9. The minimum atomic E-state index is -1.44. The Labute approximate surface area is 415 Å². The number of carboxylic acids is 2. The van der Waals surface area contributed by atoms with Crippen LogP contribution >= 0.6 is 0 Å². The monoisotopic (exact) mass is 1010 g/mol. The summed E-state index contributed by atoms with van der Waals surface area (Å²) in [6.07, 6.45) is 1.02. The van der Waals surface area contributed by atoms with E-state index in [0.29, 0.717) is 35.0 Å². The number of aromatic amines is 1. The number of aromatic carboxylic acids is 1. The number of amides is 7. The Bertz CT molecular complexity index is 2870. The number of nitrogens with two attached hydrogens (primary N) is 1. The van der Waals surface area contributed by atoms with Crippen molar-refractivity contribution in [2.45, 2.75) is 82.6 Å². The molecule has 25 heteroatoms. The highest BCUT2D eigenvalue weighted by molar-refractivity contribution is 6.09. The van der Waals surface area contributed by atoms with Crippen LogP contribution in [0.4, 0.5) is 0 Å². The zero-order valence-electron chi connectivity index (χ0n) is 39.5. The number of phenolic OH excluding ortho intramolecular Hbond substituents is 1. The van der Waals surface area contributed by atoms with E-state index in [1.807, 2.05) is 0 Å². The molecule has 0 saturated carbocycles. The third kappa shape index (κ3) is 15.9. The molecule has 1 aromatic heterocycles. The topological polar surface area (TPSA) is 401 Å². The standard InChI is InChI=1S/C48H55N9O16/c1-24(58)42(54-25(2)59)47(69)57-36(18-27-21-50-23-53-27)46(68)56-35(12-13-40(63)64)45(67)52-15-16-72-22-39(62)55-34(43(49)65)5-3-4-14-51-44(66)26-6-9-30(48(70)71)33(17-26)41-31-10-7-28(60)19-37(31)73-38-20-29(61)8-11-32(38)41/h6-11,17,19-21,23-24,34-36,42,58,60H,3-5,12-16,18,22H2,1-2H3,(H2,49,65)(H,50,53)(H,51,66)(H,52,67)(H,54,59)(H,55,62)(H,56,68)(H,57,69)(H,63,64)(H,70,71)/t24-,34+,35+,36+,42+/m0/s1. The first kappa shape index (κ1) is 55.2. The molecule has 1 aliphatic heterocycles. The highest BCUT2D eigenvalue weighted by Crippen LogP contribution is 2.42. The van der Waals surface area contributed by atoms with Crippen LogP contribution in [-0.4, -0.2) is 140 Å². The number of fused-ring (bicyclic) bond motifs is 2. The number of hydrogen-bond acceptors (Lipinski definition) is 15. The summed E-state index contributed by atoms with van der Waals surface area (Å²) in [5, 5.41) is 54.9. The molecule has 3 aromatic rings. The lowest BCUT2D eigenvalue weighted by Crippen LogP contribution is -2.59. The lowest BCUT2D eigenvalue weighted by Gasteiger charge is -2.25. The number of nitrogens with one attached hydrogen (secondary N) is 7. The molecule has 5 rings (SSSR count). The number of unbranched alkanes of at least 4 members (excludes halogenated alkanes) is 1. The highest BCUT2D eigenvalue weighted by Gasteiger charge is 2.32. The number of primary amides is 1. The molecule has 5 atom stereocenters. The predicted octanol–water partition coefficient (Wildman–Crippen LogP) is -0.343. The number of benzene rings is 3. The van der Waals surface area contributed by atoms with E-state index in [0.717, 1.165) is 6.92 Å². The van der Waals surface area contributed by atoms with E-state index in [4.69, 9.17) is 14.9 Å². The van der Waals surface area contributed by atoms with E-state index in [1.165, 1.54) is 74.0 Å². The largest absolute Gasteiger partial charge is 0.508 e. The van der Waals surface area contributed by atoms with Crippen molar-refractivity contribution in [1.29, 1.82) is 0 Å². The van der Waals surface area contributed by atoms with Crippen LogP contribution in [0.3, 0.4) is 0 Å². The molecule has 2 aliphatic rings. The molecule has 388 valence electrons. The first-order valence-corrected chi connectivity index (χ1v) is 22.8. The van der Waals surface area contributed by atoms with Gasteiger partial charge in [-0.1, -0.05) is 0 Å². The number of imidazole rings is 1. The van der Waals surface area contributed by atoms with Gasteiger partial charge in [-0.05, 0) is 80.6 Å². The van der Waals surface area contributed by atoms with Crippen LogP contribution in [0.1, 0.15) is 72.4 Å². The van der Waals surface area contributed by atoms with E-state index < -0.39 is 96.6 Å². The van der Waals surface area contributed by atoms with Crippen molar-refractivity contribution in [2.75, 3.05) is 26.3 Å². The fourth-order valence-corrected chi connectivity index (χ4v) is 7.58. The first-order valence-electron chi connectivity index (χ1n) is 22.8. The summed E-state index contributed by atoms with van der Waals surface area (Å²) in [5.74, 6) is -7.97. The molecule has 0 bridgehead atoms. The number of carbonyl (C=O) groups is 9. The minimum Gasteiger partial charge on any atom is -0.508 e. The molecule has 0 saturated heterocycles. The van der Waals surface area contributed by atoms with Crippen LogP contribution in [0.2, 0.25) is 0 Å². The van der Waals surface area contributed by atoms with Crippen molar-refractivity contribution in [1.82, 2.24) is 41.9 Å². The van der Waals surface area contributed by atoms with E-state index in [1.54, 1.807) is 0 Å². The van der Waals surface area contributed by atoms with Crippen LogP contribution in [0.15, 0.2) is 76.3 Å². The molecule has 0 unspecified atom stereocenters. The molecule has 1 aliphatic carbocycles. The summed E-state index contributed by atoms with van der Waals surface area (Å²) in [7, 11) is 0. The number of aliphatic carboxylic acids is 1. The number of ether oxygens (including phenoxy) is 1. The Morgan fingerprint density at radius 1 is 0.808 bits per heavy atom. The zero-order valence-corrected chi connectivity index (χ0v) is 39.5. The van der Waals surface area contributed by atoms with Crippen molar-refractivity contribution in [3.8, 4) is 28.2 Å². The predicted molar refractivity (Wildman–Crippen MR) is 257 cm³/mol. The fourth-order valence-electron chi connectivity index (χ4n) is 7.58. The average molecular weight is 1010 g/mol. The maximum Gasteiger partial charge on any atom is 0.336 e. The number of aliphatic hydroxyl groups excluding tert-OH is 1. The molecular formula is C48H55N9O16. The molecule has 0 fully saturated rings. The van der Waals surface area contributed by atoms with Gasteiger partial charge in [0.1, 0.15) is 47.9 Å². The van der Waals surface area contributed by atoms with Gasteiger partial charge in [-0.25, -0.2) is 9.78 Å². The summed E-state index contributed by atoms with van der Waals surface area (Å²) < 4.78 is 11.2. The van der Waals surface area contributed by atoms with Gasteiger partial charge in [0.05, 0.1) is 30.3 Å². The third-order valence-corrected chi connectivity index (χ3v) is 11.1. The smallest absolute Gasteiger partial charge is 0.336 e. The average Bonchev–Trinajstić information content (AvgIpc) is 3.85. The number of carboxylic acid groups (broad SMARTS) is 2. The number of phenols is 1. The summed E-state index contributed by atoms with van der Waals surface area (Å²) in [6, 6.07) is 6.89. The van der Waals surface area contributed by atoms with E-state index >= 15 is 0 Å². The van der Waals surface area contributed by atoms with Crippen LogP contribution in [-0.2, 0) is 44.7 Å². The lowest BCUT2D eigenvalue weighted by molar-refractivity contribution is -0.138. The van der Waals surface area contributed by atoms with Gasteiger partial charge in [0.15, 0.2) is 5.43 Å². The second-order valence-corrected chi connectivity index (χ2v) is 16.7. The lowest BCUT2D eigenvalue weighted by atomic mass is 9.89. The van der Waals surface area contributed by atoms with Gasteiger partial charge in [0.2, 0.25) is 35.4 Å². The number of aromatic nitrogens is 2. The molecule has 0 spiro atoms. The van der Waals surface area contributed by atoms with Crippen LogP contribution in [0.25, 0.3) is 33.4 Å². The number of aliphatic hydroxyl groups is 1. The Hall–Kier alpha value is -8.71. The Kier molecular flexibility index (Phi) is 19.6. The van der Waals surface area contributed by atoms with Crippen molar-refractivity contribution >= 4 is 64.3 Å². The van der Waals surface area contributed by atoms with E-state index in [9.17, 15) is 68.4 Å². The molecule has 13 N–H and O–H groups in total. The summed E-state index contributed by atoms with van der Waals surface area (Å²) in [6.45, 7) is 1.46. The van der Waals surface area contributed by atoms with Crippen molar-refractivity contribution < 1.29 is 72.7 Å². The Morgan fingerprint density at radius 3 is 2.23 bits per heavy atom.